The van der Waals surface area contributed by atoms with Gasteiger partial charge < -0.3 is 9.47 Å². The van der Waals surface area contributed by atoms with Gasteiger partial charge in [0.05, 0.1) is 11.0 Å². The van der Waals surface area contributed by atoms with Gasteiger partial charge in [0.1, 0.15) is 11.6 Å². The molecule has 8 aromatic carbocycles. The second kappa shape index (κ2) is 13.2. The third-order valence-electron chi connectivity index (χ3n) is 9.73. The lowest BCUT2D eigenvalue weighted by atomic mass is 10.0. The number of nitrogens with zero attached hydrogens (tertiary/aromatic N) is 2. The minimum absolute atomic E-state index is 0.261. The molecule has 0 aliphatic rings. The lowest BCUT2D eigenvalue weighted by molar-refractivity contribution is 0.627. The summed E-state index contributed by atoms with van der Waals surface area (Å²) < 4.78 is 29.9. The van der Waals surface area contributed by atoms with Crippen LogP contribution in [0.4, 0.5) is 25.8 Å². The van der Waals surface area contributed by atoms with E-state index < -0.39 is 0 Å². The van der Waals surface area contributed by atoms with Crippen LogP contribution >= 0.6 is 0 Å². The second-order valence-corrected chi connectivity index (χ2v) is 12.9. The smallest absolute Gasteiger partial charge is 0.123 e. The Morgan fingerprint density at radius 1 is 0.327 bits per heavy atom. The summed E-state index contributed by atoms with van der Waals surface area (Å²) in [6.45, 7) is 0. The monoisotopic (exact) mass is 674 g/mol. The predicted octanol–water partition coefficient (Wildman–Crippen LogP) is 13.5. The standard InChI is InChI=1S/C48H32F2N2/c49-39-19-11-34(12-20-39)35-13-23-42(24-14-35)51(44-27-21-40(50)22-28-44)43-25-15-36(16-26-43)37-18-30-47-46(31-37)45-29-17-38(33-7-3-1-4-8-33)32-48(45)52(47)41-9-5-2-6-10-41/h1-32H. The fourth-order valence-corrected chi connectivity index (χ4v) is 7.15. The Labute approximate surface area is 301 Å². The molecule has 0 atom stereocenters. The zero-order chi connectivity index (χ0) is 35.0. The van der Waals surface area contributed by atoms with E-state index in [9.17, 15) is 8.78 Å². The second-order valence-electron chi connectivity index (χ2n) is 12.9. The van der Waals surface area contributed by atoms with Crippen molar-refractivity contribution in [1.82, 2.24) is 4.57 Å². The predicted molar refractivity (Wildman–Crippen MR) is 212 cm³/mol. The molecule has 248 valence electrons. The lowest BCUT2D eigenvalue weighted by Crippen LogP contribution is -2.09. The fourth-order valence-electron chi connectivity index (χ4n) is 7.15. The van der Waals surface area contributed by atoms with Crippen molar-refractivity contribution in [2.45, 2.75) is 0 Å². The molecule has 0 saturated carbocycles. The molecule has 4 heteroatoms. The van der Waals surface area contributed by atoms with Gasteiger partial charge in [0, 0.05) is 33.5 Å². The number of hydrogen-bond donors (Lipinski definition) is 0. The largest absolute Gasteiger partial charge is 0.311 e. The van der Waals surface area contributed by atoms with E-state index in [1.807, 2.05) is 30.3 Å². The highest BCUT2D eigenvalue weighted by molar-refractivity contribution is 6.11. The zero-order valence-corrected chi connectivity index (χ0v) is 28.1. The van der Waals surface area contributed by atoms with Gasteiger partial charge in [0.2, 0.25) is 0 Å². The molecule has 9 rings (SSSR count). The molecule has 0 unspecified atom stereocenters. The van der Waals surface area contributed by atoms with Crippen molar-refractivity contribution < 1.29 is 8.78 Å². The normalized spacial score (nSPS) is 11.3. The Hall–Kier alpha value is -6.78. The van der Waals surface area contributed by atoms with Crippen molar-refractivity contribution in [3.8, 4) is 39.1 Å². The summed E-state index contributed by atoms with van der Waals surface area (Å²) in [5.74, 6) is -0.548. The molecule has 0 fully saturated rings. The first-order chi connectivity index (χ1) is 25.6. The molecular weight excluding hydrogens is 643 g/mol. The average molecular weight is 675 g/mol. The number of aromatic nitrogens is 1. The maximum atomic E-state index is 14.0. The van der Waals surface area contributed by atoms with E-state index in [0.717, 1.165) is 56.0 Å². The average Bonchev–Trinajstić information content (AvgIpc) is 3.53. The van der Waals surface area contributed by atoms with Crippen molar-refractivity contribution in [1.29, 1.82) is 0 Å². The number of rotatable bonds is 7. The highest BCUT2D eigenvalue weighted by Crippen LogP contribution is 2.39. The molecule has 1 heterocycles. The summed E-state index contributed by atoms with van der Waals surface area (Å²) in [7, 11) is 0. The lowest BCUT2D eigenvalue weighted by Gasteiger charge is -2.26. The maximum Gasteiger partial charge on any atom is 0.123 e. The van der Waals surface area contributed by atoms with Crippen LogP contribution in [0, 0.1) is 11.6 Å². The molecule has 0 N–H and O–H groups in total. The first-order valence-electron chi connectivity index (χ1n) is 17.3. The number of halogens is 2. The van der Waals surface area contributed by atoms with E-state index in [1.165, 1.54) is 46.2 Å². The van der Waals surface area contributed by atoms with Crippen molar-refractivity contribution in [2.75, 3.05) is 4.90 Å². The van der Waals surface area contributed by atoms with Gasteiger partial charge in [-0.3, -0.25) is 0 Å². The van der Waals surface area contributed by atoms with Gasteiger partial charge in [-0.15, -0.1) is 0 Å². The van der Waals surface area contributed by atoms with Crippen LogP contribution < -0.4 is 4.90 Å². The van der Waals surface area contributed by atoms with Crippen LogP contribution in [-0.2, 0) is 0 Å². The van der Waals surface area contributed by atoms with Crippen LogP contribution in [0.5, 0.6) is 0 Å². The minimum atomic E-state index is -0.286. The first kappa shape index (κ1) is 31.2. The van der Waals surface area contributed by atoms with Crippen LogP contribution in [0.1, 0.15) is 0 Å². The van der Waals surface area contributed by atoms with Crippen molar-refractivity contribution in [2.24, 2.45) is 0 Å². The SMILES string of the molecule is Fc1ccc(-c2ccc(N(c3ccc(F)cc3)c3ccc(-c4ccc5c(c4)c4ccc(-c6ccccc6)cc4n5-c4ccccc4)cc3)cc2)cc1. The Kier molecular flexibility index (Phi) is 7.90. The number of anilines is 3. The first-order valence-corrected chi connectivity index (χ1v) is 17.3. The molecule has 0 saturated heterocycles. The Morgan fingerprint density at radius 2 is 0.750 bits per heavy atom. The summed E-state index contributed by atoms with van der Waals surface area (Å²) in [4.78, 5) is 2.11. The Balaban J connectivity index is 1.11. The van der Waals surface area contributed by atoms with E-state index in [4.69, 9.17) is 0 Å². The molecule has 2 nitrogen and oxygen atoms in total. The number of para-hydroxylation sites is 1. The highest BCUT2D eigenvalue weighted by atomic mass is 19.1. The fraction of sp³-hybridized carbons (Fsp3) is 0. The highest BCUT2D eigenvalue weighted by Gasteiger charge is 2.16. The van der Waals surface area contributed by atoms with Crippen LogP contribution in [0.25, 0.3) is 60.9 Å². The van der Waals surface area contributed by atoms with Crippen LogP contribution in [0.2, 0.25) is 0 Å². The maximum absolute atomic E-state index is 14.0. The van der Waals surface area contributed by atoms with Crippen LogP contribution in [0.15, 0.2) is 194 Å². The Morgan fingerprint density at radius 3 is 1.35 bits per heavy atom. The molecule has 0 spiro atoms. The summed E-state index contributed by atoms with van der Waals surface area (Å²) in [5, 5.41) is 2.39. The van der Waals surface area contributed by atoms with Gasteiger partial charge in [-0.1, -0.05) is 103 Å². The topological polar surface area (TPSA) is 8.17 Å². The van der Waals surface area contributed by atoms with Gasteiger partial charge in [-0.2, -0.15) is 0 Å². The molecular formula is C48H32F2N2. The number of hydrogen-bond acceptors (Lipinski definition) is 1. The zero-order valence-electron chi connectivity index (χ0n) is 28.1. The van der Waals surface area contributed by atoms with Gasteiger partial charge >= 0.3 is 0 Å². The van der Waals surface area contributed by atoms with Gasteiger partial charge in [0.25, 0.3) is 0 Å². The van der Waals surface area contributed by atoms with Gasteiger partial charge in [-0.25, -0.2) is 8.78 Å². The molecule has 0 aliphatic heterocycles. The summed E-state index contributed by atoms with van der Waals surface area (Å²) >= 11 is 0. The van der Waals surface area contributed by atoms with Crippen molar-refractivity contribution >= 4 is 38.9 Å². The van der Waals surface area contributed by atoms with Crippen molar-refractivity contribution in [3.63, 3.8) is 0 Å². The Bertz CT molecular complexity index is 2650. The van der Waals surface area contributed by atoms with E-state index in [0.29, 0.717) is 0 Å². The molecule has 0 bridgehead atoms. The number of benzene rings is 8. The van der Waals surface area contributed by atoms with Crippen LogP contribution in [-0.4, -0.2) is 4.57 Å². The summed E-state index contributed by atoms with van der Waals surface area (Å²) in [5.41, 5.74) is 12.7. The van der Waals surface area contributed by atoms with Crippen molar-refractivity contribution in [3.05, 3.63) is 206 Å². The molecule has 0 radical (unpaired) electrons. The van der Waals surface area contributed by atoms with Gasteiger partial charge in [0.15, 0.2) is 0 Å². The molecule has 52 heavy (non-hydrogen) atoms. The van der Waals surface area contributed by atoms with Gasteiger partial charge in [-0.05, 0) is 124 Å². The minimum Gasteiger partial charge on any atom is -0.311 e. The van der Waals surface area contributed by atoms with Crippen LogP contribution in [0.3, 0.4) is 0 Å². The summed E-state index contributed by atoms with van der Waals surface area (Å²) in [6.07, 6.45) is 0. The number of fused-ring (bicyclic) bond motifs is 3. The quantitative estimate of drug-likeness (QED) is 0.163. The third-order valence-corrected chi connectivity index (χ3v) is 9.73. The molecule has 9 aromatic rings. The molecule has 0 aliphatic carbocycles. The molecule has 1 aromatic heterocycles. The molecule has 0 amide bonds. The van der Waals surface area contributed by atoms with E-state index >= 15 is 0 Å². The van der Waals surface area contributed by atoms with E-state index in [-0.39, 0.29) is 11.6 Å². The van der Waals surface area contributed by atoms with E-state index in [2.05, 4.69) is 125 Å². The summed E-state index contributed by atoms with van der Waals surface area (Å²) in [6, 6.07) is 64.1. The van der Waals surface area contributed by atoms with E-state index in [1.54, 1.807) is 24.3 Å². The third kappa shape index (κ3) is 5.80.